The molecule has 0 saturated carbocycles. The minimum atomic E-state index is -0.145. The minimum absolute atomic E-state index is 0.00382. The first-order valence-corrected chi connectivity index (χ1v) is 17.5. The molecule has 4 rings (SSSR count). The van der Waals surface area contributed by atoms with Crippen LogP contribution in [0.2, 0.25) is 0 Å². The molecule has 260 valence electrons. The van der Waals surface area contributed by atoms with E-state index in [2.05, 4.69) is 126 Å². The normalized spacial score (nSPS) is 13.1. The van der Waals surface area contributed by atoms with Crippen molar-refractivity contribution in [2.75, 3.05) is 0 Å². The quantitative estimate of drug-likeness (QED) is 0.201. The van der Waals surface area contributed by atoms with E-state index in [0.29, 0.717) is 30.1 Å². The van der Waals surface area contributed by atoms with Crippen LogP contribution in [0.3, 0.4) is 0 Å². The van der Waals surface area contributed by atoms with Gasteiger partial charge in [0.25, 0.3) is 0 Å². The Bertz CT molecular complexity index is 1600. The SMILES string of the molecule is CC(C)(C)c1cc(CCc2cc(C(C)(C)C)cc(C(C)(C)C)c2O)c(O)c(C(C)(C)C)c1.Cc1ccc(O)c(C(C)c2ccccc2)c1. The van der Waals surface area contributed by atoms with E-state index in [1.807, 2.05) is 37.3 Å². The lowest BCUT2D eigenvalue weighted by atomic mass is 9.77. The Morgan fingerprint density at radius 2 is 0.938 bits per heavy atom. The number of hydrogen-bond acceptors (Lipinski definition) is 3. The molecule has 0 aliphatic carbocycles. The van der Waals surface area contributed by atoms with Gasteiger partial charge in [-0.25, -0.2) is 0 Å². The second kappa shape index (κ2) is 14.4. The topological polar surface area (TPSA) is 60.7 Å². The highest BCUT2D eigenvalue weighted by Gasteiger charge is 2.27. The van der Waals surface area contributed by atoms with Crippen molar-refractivity contribution in [3.8, 4) is 17.2 Å². The van der Waals surface area contributed by atoms with E-state index in [1.54, 1.807) is 6.07 Å². The van der Waals surface area contributed by atoms with Crippen molar-refractivity contribution in [2.45, 2.75) is 137 Å². The van der Waals surface area contributed by atoms with E-state index < -0.39 is 0 Å². The Kier molecular flexibility index (Phi) is 11.6. The maximum Gasteiger partial charge on any atom is 0.122 e. The van der Waals surface area contributed by atoms with Gasteiger partial charge in [-0.1, -0.05) is 162 Å². The van der Waals surface area contributed by atoms with Crippen molar-refractivity contribution in [2.24, 2.45) is 0 Å². The first kappa shape index (κ1) is 38.7. The molecule has 0 fully saturated rings. The summed E-state index contributed by atoms with van der Waals surface area (Å²) in [6.07, 6.45) is 1.37. The van der Waals surface area contributed by atoms with E-state index in [9.17, 15) is 15.3 Å². The number of aromatic hydroxyl groups is 3. The van der Waals surface area contributed by atoms with Crippen LogP contribution in [0.15, 0.2) is 72.8 Å². The molecule has 0 spiro atoms. The van der Waals surface area contributed by atoms with E-state index in [4.69, 9.17) is 0 Å². The predicted molar refractivity (Wildman–Crippen MR) is 205 cm³/mol. The van der Waals surface area contributed by atoms with Gasteiger partial charge in [0.1, 0.15) is 17.2 Å². The fourth-order valence-electron chi connectivity index (χ4n) is 5.99. The van der Waals surface area contributed by atoms with Gasteiger partial charge in [0.2, 0.25) is 0 Å². The van der Waals surface area contributed by atoms with Crippen LogP contribution < -0.4 is 0 Å². The second-order valence-corrected chi connectivity index (χ2v) is 17.8. The number of phenolic OH excluding ortho intramolecular Hbond substituents is 3. The van der Waals surface area contributed by atoms with E-state index in [1.165, 1.54) is 22.3 Å². The number of aryl methyl sites for hydroxylation is 3. The van der Waals surface area contributed by atoms with Crippen LogP contribution in [0.1, 0.15) is 146 Å². The summed E-state index contributed by atoms with van der Waals surface area (Å²) >= 11 is 0. The largest absolute Gasteiger partial charge is 0.508 e. The van der Waals surface area contributed by atoms with Gasteiger partial charge in [0.15, 0.2) is 0 Å². The Morgan fingerprint density at radius 3 is 1.31 bits per heavy atom. The molecular weight excluding hydrogens is 588 g/mol. The summed E-state index contributed by atoms with van der Waals surface area (Å²) in [5, 5.41) is 32.2. The van der Waals surface area contributed by atoms with Gasteiger partial charge in [-0.3, -0.25) is 0 Å². The van der Waals surface area contributed by atoms with Gasteiger partial charge >= 0.3 is 0 Å². The molecule has 0 aliphatic rings. The Morgan fingerprint density at radius 1 is 0.521 bits per heavy atom. The Hall–Kier alpha value is -3.72. The summed E-state index contributed by atoms with van der Waals surface area (Å²) in [7, 11) is 0. The van der Waals surface area contributed by atoms with Crippen LogP contribution in [-0.4, -0.2) is 15.3 Å². The molecule has 3 heteroatoms. The van der Waals surface area contributed by atoms with E-state index in [0.717, 1.165) is 27.8 Å². The van der Waals surface area contributed by atoms with Crippen molar-refractivity contribution < 1.29 is 15.3 Å². The number of phenols is 3. The second-order valence-electron chi connectivity index (χ2n) is 17.8. The van der Waals surface area contributed by atoms with Crippen LogP contribution in [0.5, 0.6) is 17.2 Å². The highest BCUT2D eigenvalue weighted by Crippen LogP contribution is 2.41. The molecule has 0 bridgehead atoms. The third-order valence-corrected chi connectivity index (χ3v) is 9.34. The lowest BCUT2D eigenvalue weighted by Crippen LogP contribution is -2.18. The van der Waals surface area contributed by atoms with Crippen LogP contribution in [0, 0.1) is 6.92 Å². The Balaban J connectivity index is 0.000000324. The van der Waals surface area contributed by atoms with Crippen LogP contribution in [0.4, 0.5) is 0 Å². The monoisotopic (exact) mass is 650 g/mol. The molecule has 0 amide bonds. The van der Waals surface area contributed by atoms with E-state index in [-0.39, 0.29) is 27.6 Å². The number of benzene rings is 4. The molecule has 4 aromatic rings. The van der Waals surface area contributed by atoms with Gasteiger partial charge < -0.3 is 15.3 Å². The first-order chi connectivity index (χ1) is 21.9. The summed E-state index contributed by atoms with van der Waals surface area (Å²) in [5.74, 6) is 1.39. The maximum atomic E-state index is 11.2. The molecular formula is C45H62O3. The summed E-state index contributed by atoms with van der Waals surface area (Å²) in [6, 6.07) is 24.6. The number of hydrogen-bond donors (Lipinski definition) is 3. The molecule has 3 nitrogen and oxygen atoms in total. The molecule has 0 radical (unpaired) electrons. The minimum Gasteiger partial charge on any atom is -0.508 e. The average Bonchev–Trinajstić information content (AvgIpc) is 2.96. The zero-order chi connectivity index (χ0) is 36.4. The standard InChI is InChI=1S/C30H46O2.C15H16O/c1-27(2,3)21-15-19(25(31)23(17-21)29(7,8)9)13-14-20-16-22(28(4,5)6)18-24(26(20)32)30(10,11)12;1-11-8-9-15(16)14(10-11)12(2)13-6-4-3-5-7-13/h15-18,31-32H,13-14H2,1-12H3;3-10,12,16H,1-2H3. The zero-order valence-corrected chi connectivity index (χ0v) is 32.3. The maximum absolute atomic E-state index is 11.2. The summed E-state index contributed by atoms with van der Waals surface area (Å²) in [6.45, 7) is 30.3. The molecule has 0 heterocycles. The highest BCUT2D eigenvalue weighted by molar-refractivity contribution is 5.52. The van der Waals surface area contributed by atoms with Crippen molar-refractivity contribution in [3.05, 3.63) is 123 Å². The Labute approximate surface area is 292 Å². The number of rotatable bonds is 5. The van der Waals surface area contributed by atoms with Crippen LogP contribution in [-0.2, 0) is 34.5 Å². The third kappa shape index (κ3) is 9.68. The van der Waals surface area contributed by atoms with Crippen molar-refractivity contribution in [3.63, 3.8) is 0 Å². The molecule has 0 aliphatic heterocycles. The fourth-order valence-corrected chi connectivity index (χ4v) is 5.99. The highest BCUT2D eigenvalue weighted by atomic mass is 16.3. The van der Waals surface area contributed by atoms with Gasteiger partial charge in [-0.2, -0.15) is 0 Å². The lowest BCUT2D eigenvalue weighted by Gasteiger charge is -2.28. The first-order valence-electron chi connectivity index (χ1n) is 17.5. The van der Waals surface area contributed by atoms with Crippen LogP contribution >= 0.6 is 0 Å². The molecule has 1 unspecified atom stereocenters. The smallest absolute Gasteiger partial charge is 0.122 e. The molecule has 0 aromatic heterocycles. The van der Waals surface area contributed by atoms with Gasteiger partial charge in [-0.05, 0) is 86.4 Å². The summed E-state index contributed by atoms with van der Waals surface area (Å²) in [4.78, 5) is 0. The van der Waals surface area contributed by atoms with Crippen molar-refractivity contribution in [1.82, 2.24) is 0 Å². The van der Waals surface area contributed by atoms with Crippen molar-refractivity contribution >= 4 is 0 Å². The third-order valence-electron chi connectivity index (χ3n) is 9.34. The molecule has 0 saturated heterocycles. The molecule has 3 N–H and O–H groups in total. The fraction of sp³-hybridized carbons (Fsp3) is 0.467. The predicted octanol–water partition coefficient (Wildman–Crippen LogP) is 11.9. The average molecular weight is 651 g/mol. The van der Waals surface area contributed by atoms with E-state index >= 15 is 0 Å². The lowest BCUT2D eigenvalue weighted by molar-refractivity contribution is 0.432. The van der Waals surface area contributed by atoms with Gasteiger partial charge in [0.05, 0.1) is 0 Å². The molecule has 4 aromatic carbocycles. The van der Waals surface area contributed by atoms with Gasteiger partial charge in [-0.15, -0.1) is 0 Å². The summed E-state index contributed by atoms with van der Waals surface area (Å²) < 4.78 is 0. The van der Waals surface area contributed by atoms with Gasteiger partial charge in [0, 0.05) is 11.5 Å². The zero-order valence-electron chi connectivity index (χ0n) is 32.3. The van der Waals surface area contributed by atoms with Crippen LogP contribution in [0.25, 0.3) is 0 Å². The molecule has 48 heavy (non-hydrogen) atoms. The molecule has 1 atom stereocenters. The van der Waals surface area contributed by atoms with Crippen molar-refractivity contribution in [1.29, 1.82) is 0 Å². The summed E-state index contributed by atoms with van der Waals surface area (Å²) in [5.41, 5.74) is 9.46.